The molecule has 150 valence electrons. The largest absolute Gasteiger partial charge is 0.480 e. The zero-order valence-corrected chi connectivity index (χ0v) is 15.9. The van der Waals surface area contributed by atoms with E-state index in [2.05, 4.69) is 10.3 Å². The number of aliphatic carboxylic acids is 1. The molecule has 0 saturated heterocycles. The lowest BCUT2D eigenvalue weighted by molar-refractivity contribution is -0.139. The minimum atomic E-state index is -1.26. The van der Waals surface area contributed by atoms with E-state index in [4.69, 9.17) is 9.47 Å². The van der Waals surface area contributed by atoms with Gasteiger partial charge in [-0.05, 0) is 26.3 Å². The van der Waals surface area contributed by atoms with Crippen LogP contribution in [0.2, 0.25) is 0 Å². The molecule has 0 aliphatic rings. The Balaban J connectivity index is 1.93. The number of amides is 1. The molecule has 9 heteroatoms. The predicted molar refractivity (Wildman–Crippen MR) is 98.7 cm³/mol. The summed E-state index contributed by atoms with van der Waals surface area (Å²) in [7, 11) is 0. The van der Waals surface area contributed by atoms with E-state index in [-0.39, 0.29) is 13.0 Å². The van der Waals surface area contributed by atoms with Crippen LogP contribution < -0.4 is 5.32 Å². The molecule has 0 aliphatic carbocycles. The molecule has 2 aromatic rings. The fourth-order valence-corrected chi connectivity index (χ4v) is 2.20. The van der Waals surface area contributed by atoms with E-state index in [1.165, 1.54) is 12.5 Å². The third kappa shape index (κ3) is 6.75. The van der Waals surface area contributed by atoms with E-state index in [9.17, 15) is 19.5 Å². The number of aromatic nitrogens is 2. The molecule has 0 bridgehead atoms. The molecule has 0 unspecified atom stereocenters. The molecule has 0 saturated carbocycles. The average Bonchev–Trinajstić information content (AvgIpc) is 3.07. The molecule has 0 fully saturated rings. The van der Waals surface area contributed by atoms with Crippen molar-refractivity contribution in [3.63, 3.8) is 0 Å². The maximum absolute atomic E-state index is 12.0. The zero-order valence-electron chi connectivity index (χ0n) is 15.9. The van der Waals surface area contributed by atoms with Gasteiger partial charge in [0.1, 0.15) is 24.6 Å². The van der Waals surface area contributed by atoms with Crippen molar-refractivity contribution >= 4 is 18.2 Å². The van der Waals surface area contributed by atoms with Crippen LogP contribution in [0.4, 0.5) is 9.59 Å². The molecule has 1 aromatic carbocycles. The molecule has 1 amide bonds. The molecule has 1 atom stereocenters. The van der Waals surface area contributed by atoms with E-state index in [0.29, 0.717) is 5.69 Å². The molecule has 28 heavy (non-hydrogen) atoms. The predicted octanol–water partition coefficient (Wildman–Crippen LogP) is 2.59. The monoisotopic (exact) mass is 389 g/mol. The zero-order chi connectivity index (χ0) is 20.7. The number of rotatable bonds is 6. The van der Waals surface area contributed by atoms with Gasteiger partial charge in [0.15, 0.2) is 0 Å². The Hall–Kier alpha value is -3.36. The van der Waals surface area contributed by atoms with Crippen molar-refractivity contribution in [2.24, 2.45) is 0 Å². The molecule has 0 spiro atoms. The lowest BCUT2D eigenvalue weighted by Crippen LogP contribution is -2.42. The van der Waals surface area contributed by atoms with E-state index in [0.717, 1.165) is 10.1 Å². The number of carboxylic acid groups (broad SMARTS) is 1. The van der Waals surface area contributed by atoms with Crippen LogP contribution in [-0.2, 0) is 27.3 Å². The Morgan fingerprint density at radius 3 is 2.50 bits per heavy atom. The maximum atomic E-state index is 12.0. The maximum Gasteiger partial charge on any atom is 0.419 e. The lowest BCUT2D eigenvalue weighted by Gasteiger charge is -2.19. The van der Waals surface area contributed by atoms with Crippen molar-refractivity contribution in [3.8, 4) is 0 Å². The number of carboxylic acids is 1. The van der Waals surface area contributed by atoms with Crippen molar-refractivity contribution in [2.45, 2.75) is 45.4 Å². The Morgan fingerprint density at radius 2 is 1.89 bits per heavy atom. The number of carbonyl (C=O) groups is 3. The number of nitrogens with zero attached hydrogens (tertiary/aromatic N) is 2. The number of benzene rings is 1. The van der Waals surface area contributed by atoms with Gasteiger partial charge in [0, 0.05) is 12.6 Å². The van der Waals surface area contributed by atoms with Gasteiger partial charge in [-0.2, -0.15) is 0 Å². The number of alkyl carbamates (subject to hydrolysis) is 1. The third-order valence-corrected chi connectivity index (χ3v) is 3.46. The van der Waals surface area contributed by atoms with Crippen molar-refractivity contribution in [2.75, 3.05) is 0 Å². The standard InChI is InChI=1S/C19H23N3O6/c1-19(2,3)28-18(26)22-10-14(20-12-22)9-15(16(23)24)21-17(25)27-11-13-7-5-4-6-8-13/h4-8,10,12,15H,9,11H2,1-3H3,(H,21,25)(H,23,24)/t15-/m1/s1. The van der Waals surface area contributed by atoms with Crippen molar-refractivity contribution < 1.29 is 29.0 Å². The quantitative estimate of drug-likeness (QED) is 0.779. The minimum Gasteiger partial charge on any atom is -0.480 e. The second-order valence-electron chi connectivity index (χ2n) is 7.05. The molecule has 0 radical (unpaired) electrons. The molecule has 2 N–H and O–H groups in total. The SMILES string of the molecule is CC(C)(C)OC(=O)n1cnc(C[C@@H](NC(=O)OCc2ccccc2)C(=O)O)c1. The second-order valence-corrected chi connectivity index (χ2v) is 7.05. The summed E-state index contributed by atoms with van der Waals surface area (Å²) in [6.45, 7) is 5.21. The van der Waals surface area contributed by atoms with E-state index in [1.807, 2.05) is 6.07 Å². The molecule has 1 heterocycles. The topological polar surface area (TPSA) is 120 Å². The van der Waals surface area contributed by atoms with Crippen molar-refractivity contribution in [3.05, 3.63) is 54.1 Å². The van der Waals surface area contributed by atoms with E-state index >= 15 is 0 Å². The Morgan fingerprint density at radius 1 is 1.21 bits per heavy atom. The molecule has 1 aromatic heterocycles. The van der Waals surface area contributed by atoms with E-state index in [1.54, 1.807) is 45.0 Å². The van der Waals surface area contributed by atoms with Crippen LogP contribution in [0.1, 0.15) is 32.0 Å². The number of hydrogen-bond donors (Lipinski definition) is 2. The van der Waals surface area contributed by atoms with Gasteiger partial charge < -0.3 is 19.9 Å². The first-order chi connectivity index (χ1) is 13.1. The van der Waals surface area contributed by atoms with Gasteiger partial charge in [0.2, 0.25) is 0 Å². The summed E-state index contributed by atoms with van der Waals surface area (Å²) in [5.74, 6) is -1.25. The highest BCUT2D eigenvalue weighted by atomic mass is 16.6. The number of nitrogens with one attached hydrogen (secondary N) is 1. The third-order valence-electron chi connectivity index (χ3n) is 3.46. The molecule has 0 aliphatic heterocycles. The molecular weight excluding hydrogens is 366 g/mol. The van der Waals surface area contributed by atoms with Crippen LogP contribution in [0, 0.1) is 0 Å². The average molecular weight is 389 g/mol. The summed E-state index contributed by atoms with van der Waals surface area (Å²) < 4.78 is 11.4. The van der Waals surface area contributed by atoms with Crippen LogP contribution in [0.5, 0.6) is 0 Å². The first kappa shape index (κ1) is 20.9. The highest BCUT2D eigenvalue weighted by Crippen LogP contribution is 2.10. The van der Waals surface area contributed by atoms with Gasteiger partial charge in [0.05, 0.1) is 5.69 Å². The minimum absolute atomic E-state index is 0.0201. The first-order valence-corrected chi connectivity index (χ1v) is 8.60. The number of ether oxygens (including phenoxy) is 2. The lowest BCUT2D eigenvalue weighted by atomic mass is 10.2. The van der Waals surface area contributed by atoms with Gasteiger partial charge >= 0.3 is 18.2 Å². The van der Waals surface area contributed by atoms with Crippen LogP contribution in [0.15, 0.2) is 42.9 Å². The molecule has 9 nitrogen and oxygen atoms in total. The molecular formula is C19H23N3O6. The summed E-state index contributed by atoms with van der Waals surface area (Å²) in [5.41, 5.74) is 0.414. The number of carbonyl (C=O) groups excluding carboxylic acids is 2. The van der Waals surface area contributed by atoms with Crippen LogP contribution in [0.3, 0.4) is 0 Å². The van der Waals surface area contributed by atoms with Crippen LogP contribution in [0.25, 0.3) is 0 Å². The van der Waals surface area contributed by atoms with Crippen molar-refractivity contribution in [1.82, 2.24) is 14.9 Å². The van der Waals surface area contributed by atoms with Crippen molar-refractivity contribution in [1.29, 1.82) is 0 Å². The summed E-state index contributed by atoms with van der Waals surface area (Å²) in [5, 5.41) is 11.6. The summed E-state index contributed by atoms with van der Waals surface area (Å²) in [6.07, 6.45) is 0.985. The van der Waals surface area contributed by atoms with Gasteiger partial charge in [-0.3, -0.25) is 0 Å². The van der Waals surface area contributed by atoms with Gasteiger partial charge in [-0.25, -0.2) is 23.9 Å². The van der Waals surface area contributed by atoms with Gasteiger partial charge in [-0.15, -0.1) is 0 Å². The Bertz CT molecular complexity index is 826. The van der Waals surface area contributed by atoms with E-state index < -0.39 is 29.8 Å². The highest BCUT2D eigenvalue weighted by Gasteiger charge is 2.24. The Kier molecular flexibility index (Phi) is 6.75. The molecule has 2 rings (SSSR count). The van der Waals surface area contributed by atoms with Gasteiger partial charge in [0.25, 0.3) is 0 Å². The number of imidazole rings is 1. The normalized spacial score (nSPS) is 12.1. The summed E-state index contributed by atoms with van der Waals surface area (Å²) in [4.78, 5) is 39.3. The smallest absolute Gasteiger partial charge is 0.419 e. The highest BCUT2D eigenvalue weighted by molar-refractivity contribution is 5.80. The fraction of sp³-hybridized carbons (Fsp3) is 0.368. The first-order valence-electron chi connectivity index (χ1n) is 8.60. The van der Waals surface area contributed by atoms with Crippen LogP contribution >= 0.6 is 0 Å². The number of hydrogen-bond acceptors (Lipinski definition) is 6. The summed E-state index contributed by atoms with van der Waals surface area (Å²) >= 11 is 0. The Labute approximate surface area is 162 Å². The van der Waals surface area contributed by atoms with Crippen LogP contribution in [-0.4, -0.2) is 44.5 Å². The van der Waals surface area contributed by atoms with Gasteiger partial charge in [-0.1, -0.05) is 30.3 Å². The summed E-state index contributed by atoms with van der Waals surface area (Å²) in [6, 6.07) is 7.75. The fourth-order valence-electron chi connectivity index (χ4n) is 2.20. The second kappa shape index (κ2) is 9.03.